The van der Waals surface area contributed by atoms with Crippen LogP contribution in [0.1, 0.15) is 39.5 Å². The van der Waals surface area contributed by atoms with E-state index in [4.69, 9.17) is 0 Å². The lowest BCUT2D eigenvalue weighted by molar-refractivity contribution is 0.112. The van der Waals surface area contributed by atoms with Gasteiger partial charge in [-0.25, -0.2) is 4.98 Å². The SMILES string of the molecule is O=Cc1cnc(C2(c3ccccc3)CCC2)s1. The van der Waals surface area contributed by atoms with Crippen LogP contribution >= 0.6 is 11.3 Å². The molecule has 0 aliphatic heterocycles. The van der Waals surface area contributed by atoms with E-state index in [-0.39, 0.29) is 5.41 Å². The Kier molecular flexibility index (Phi) is 2.56. The van der Waals surface area contributed by atoms with Crippen LogP contribution in [0.3, 0.4) is 0 Å². The molecule has 1 aromatic carbocycles. The molecule has 17 heavy (non-hydrogen) atoms. The van der Waals surface area contributed by atoms with E-state index >= 15 is 0 Å². The normalized spacial score (nSPS) is 17.4. The maximum atomic E-state index is 10.8. The van der Waals surface area contributed by atoms with Crippen LogP contribution in [0.2, 0.25) is 0 Å². The lowest BCUT2D eigenvalue weighted by atomic mass is 9.65. The van der Waals surface area contributed by atoms with Crippen molar-refractivity contribution in [3.05, 3.63) is 52.0 Å². The van der Waals surface area contributed by atoms with E-state index in [1.807, 2.05) is 6.07 Å². The Morgan fingerprint density at radius 1 is 1.24 bits per heavy atom. The smallest absolute Gasteiger partial charge is 0.161 e. The van der Waals surface area contributed by atoms with Gasteiger partial charge in [-0.3, -0.25) is 4.79 Å². The van der Waals surface area contributed by atoms with Gasteiger partial charge >= 0.3 is 0 Å². The van der Waals surface area contributed by atoms with Gasteiger partial charge in [0.15, 0.2) is 6.29 Å². The van der Waals surface area contributed by atoms with Gasteiger partial charge in [0.25, 0.3) is 0 Å². The van der Waals surface area contributed by atoms with Crippen molar-refractivity contribution in [1.82, 2.24) is 4.98 Å². The van der Waals surface area contributed by atoms with Crippen LogP contribution in [0.15, 0.2) is 36.5 Å². The topological polar surface area (TPSA) is 30.0 Å². The zero-order valence-electron chi connectivity index (χ0n) is 9.43. The number of nitrogens with zero attached hydrogens (tertiary/aromatic N) is 1. The second-order valence-electron chi connectivity index (χ2n) is 4.49. The average Bonchev–Trinajstić information content (AvgIpc) is 2.78. The van der Waals surface area contributed by atoms with Crippen molar-refractivity contribution >= 4 is 17.6 Å². The van der Waals surface area contributed by atoms with Crippen LogP contribution in [-0.4, -0.2) is 11.3 Å². The number of hydrogen-bond acceptors (Lipinski definition) is 3. The first kappa shape index (κ1) is 10.7. The molecular weight excluding hydrogens is 230 g/mol. The summed E-state index contributed by atoms with van der Waals surface area (Å²) < 4.78 is 0. The van der Waals surface area contributed by atoms with E-state index in [2.05, 4.69) is 29.2 Å². The van der Waals surface area contributed by atoms with Crippen LogP contribution in [0.4, 0.5) is 0 Å². The van der Waals surface area contributed by atoms with Crippen LogP contribution in [0.5, 0.6) is 0 Å². The minimum absolute atomic E-state index is 0.0766. The second kappa shape index (κ2) is 4.08. The fraction of sp³-hybridized carbons (Fsp3) is 0.286. The van der Waals surface area contributed by atoms with Gasteiger partial charge in [0.1, 0.15) is 5.01 Å². The zero-order valence-corrected chi connectivity index (χ0v) is 10.2. The number of aldehydes is 1. The first-order valence-electron chi connectivity index (χ1n) is 5.82. The van der Waals surface area contributed by atoms with Gasteiger partial charge in [0.05, 0.1) is 4.88 Å². The molecule has 1 saturated carbocycles. The number of rotatable bonds is 3. The summed E-state index contributed by atoms with van der Waals surface area (Å²) in [6, 6.07) is 10.5. The van der Waals surface area contributed by atoms with Crippen molar-refractivity contribution in [3.63, 3.8) is 0 Å². The Hall–Kier alpha value is -1.48. The maximum Gasteiger partial charge on any atom is 0.161 e. The highest BCUT2D eigenvalue weighted by Gasteiger charge is 2.42. The molecular formula is C14H13NOS. The maximum absolute atomic E-state index is 10.8. The number of carbonyl (C=O) groups excluding carboxylic acids is 1. The number of thiazole rings is 1. The summed E-state index contributed by atoms with van der Waals surface area (Å²) in [7, 11) is 0. The minimum Gasteiger partial charge on any atom is -0.297 e. The van der Waals surface area contributed by atoms with Gasteiger partial charge in [-0.1, -0.05) is 36.8 Å². The molecule has 3 heteroatoms. The number of hydrogen-bond donors (Lipinski definition) is 0. The first-order valence-corrected chi connectivity index (χ1v) is 6.64. The first-order chi connectivity index (χ1) is 8.35. The molecule has 86 valence electrons. The molecule has 1 fully saturated rings. The predicted octanol–water partition coefficient (Wildman–Crippen LogP) is 3.43. The second-order valence-corrected chi connectivity index (χ2v) is 5.55. The molecule has 0 N–H and O–H groups in total. The van der Waals surface area contributed by atoms with Crippen molar-refractivity contribution in [3.8, 4) is 0 Å². The Morgan fingerprint density at radius 2 is 2.00 bits per heavy atom. The average molecular weight is 243 g/mol. The summed E-state index contributed by atoms with van der Waals surface area (Å²) in [5.41, 5.74) is 1.41. The van der Waals surface area contributed by atoms with Gasteiger partial charge in [-0.2, -0.15) is 0 Å². The summed E-state index contributed by atoms with van der Waals surface area (Å²) in [4.78, 5) is 15.9. The van der Waals surface area contributed by atoms with E-state index in [0.717, 1.165) is 29.0 Å². The third-order valence-electron chi connectivity index (χ3n) is 3.58. The molecule has 0 bridgehead atoms. The van der Waals surface area contributed by atoms with Crippen LogP contribution < -0.4 is 0 Å². The molecule has 0 saturated heterocycles. The molecule has 2 nitrogen and oxygen atoms in total. The van der Waals surface area contributed by atoms with E-state index in [1.165, 1.54) is 23.3 Å². The van der Waals surface area contributed by atoms with E-state index in [9.17, 15) is 4.79 Å². The predicted molar refractivity (Wildman–Crippen MR) is 68.6 cm³/mol. The molecule has 1 aliphatic rings. The third kappa shape index (κ3) is 1.62. The Bertz CT molecular complexity index is 528. The van der Waals surface area contributed by atoms with Crippen molar-refractivity contribution in [1.29, 1.82) is 0 Å². The van der Waals surface area contributed by atoms with E-state index < -0.39 is 0 Å². The standard InChI is InChI=1S/C14H13NOS/c16-10-12-9-15-13(17-12)14(7-4-8-14)11-5-2-1-3-6-11/h1-3,5-6,9-10H,4,7-8H2. The quantitative estimate of drug-likeness (QED) is 0.773. The van der Waals surface area contributed by atoms with E-state index in [1.54, 1.807) is 6.20 Å². The van der Waals surface area contributed by atoms with Crippen molar-refractivity contribution in [2.24, 2.45) is 0 Å². The largest absolute Gasteiger partial charge is 0.297 e. The van der Waals surface area contributed by atoms with Crippen LogP contribution in [0.25, 0.3) is 0 Å². The molecule has 2 aromatic rings. The molecule has 1 heterocycles. The fourth-order valence-corrected chi connectivity index (χ4v) is 3.48. The molecule has 0 spiro atoms. The minimum atomic E-state index is 0.0766. The number of carbonyl (C=O) groups is 1. The Morgan fingerprint density at radius 3 is 2.53 bits per heavy atom. The highest BCUT2D eigenvalue weighted by Crippen LogP contribution is 2.49. The lowest BCUT2D eigenvalue weighted by Gasteiger charge is -2.40. The van der Waals surface area contributed by atoms with Gasteiger partial charge in [-0.15, -0.1) is 11.3 Å². The van der Waals surface area contributed by atoms with Crippen molar-refractivity contribution < 1.29 is 4.79 Å². The molecule has 0 amide bonds. The van der Waals surface area contributed by atoms with Crippen molar-refractivity contribution in [2.45, 2.75) is 24.7 Å². The van der Waals surface area contributed by atoms with E-state index in [0.29, 0.717) is 0 Å². The monoisotopic (exact) mass is 243 g/mol. The molecule has 3 rings (SSSR count). The Balaban J connectivity index is 2.05. The molecule has 0 atom stereocenters. The summed E-state index contributed by atoms with van der Waals surface area (Å²) in [6.07, 6.45) is 6.10. The van der Waals surface area contributed by atoms with Crippen molar-refractivity contribution in [2.75, 3.05) is 0 Å². The zero-order chi connectivity index (χ0) is 11.7. The summed E-state index contributed by atoms with van der Waals surface area (Å²) >= 11 is 1.53. The molecule has 1 aromatic heterocycles. The van der Waals surface area contributed by atoms with Gasteiger partial charge < -0.3 is 0 Å². The highest BCUT2D eigenvalue weighted by molar-refractivity contribution is 7.13. The number of aromatic nitrogens is 1. The number of benzene rings is 1. The summed E-state index contributed by atoms with van der Waals surface area (Å²) in [5, 5.41) is 1.09. The third-order valence-corrected chi connectivity index (χ3v) is 4.71. The Labute approximate surface area is 104 Å². The summed E-state index contributed by atoms with van der Waals surface area (Å²) in [6.45, 7) is 0. The van der Waals surface area contributed by atoms with Gasteiger partial charge in [0, 0.05) is 11.6 Å². The molecule has 0 unspecified atom stereocenters. The van der Waals surface area contributed by atoms with Crippen LogP contribution in [0, 0.1) is 0 Å². The fourth-order valence-electron chi connectivity index (χ4n) is 2.48. The van der Waals surface area contributed by atoms with Crippen LogP contribution in [-0.2, 0) is 5.41 Å². The highest BCUT2D eigenvalue weighted by atomic mass is 32.1. The van der Waals surface area contributed by atoms with Gasteiger partial charge in [-0.05, 0) is 18.4 Å². The molecule has 1 aliphatic carbocycles. The van der Waals surface area contributed by atoms with Gasteiger partial charge in [0.2, 0.25) is 0 Å². The molecule has 0 radical (unpaired) electrons. The summed E-state index contributed by atoms with van der Waals surface area (Å²) in [5.74, 6) is 0. The lowest BCUT2D eigenvalue weighted by Crippen LogP contribution is -2.35.